The Balaban J connectivity index is 0.000000279. The molecule has 1 aromatic carbocycles. The zero-order valence-electron chi connectivity index (χ0n) is 14.8. The summed E-state index contributed by atoms with van der Waals surface area (Å²) in [6.07, 6.45) is 2.67. The van der Waals surface area contributed by atoms with Crippen molar-refractivity contribution in [3.63, 3.8) is 0 Å². The van der Waals surface area contributed by atoms with Gasteiger partial charge in [-0.3, -0.25) is 0 Å². The molecule has 0 unspecified atom stereocenters. The summed E-state index contributed by atoms with van der Waals surface area (Å²) in [5, 5.41) is 19.8. The van der Waals surface area contributed by atoms with Gasteiger partial charge in [0, 0.05) is 48.8 Å². The first-order valence-electron chi connectivity index (χ1n) is 8.19. The third-order valence-electron chi connectivity index (χ3n) is 4.05. The minimum atomic E-state index is -1.26. The number of carboxylic acid groups (broad SMARTS) is 2. The molecule has 9 heteroatoms. The molecule has 1 aromatic heterocycles. The summed E-state index contributed by atoms with van der Waals surface area (Å²) in [6, 6.07) is 3.83. The fourth-order valence-corrected chi connectivity index (χ4v) is 2.97. The number of piperazine rings is 1. The molecule has 146 valence electrons. The van der Waals surface area contributed by atoms with Crippen LogP contribution >= 0.6 is 11.6 Å². The fraction of sp³-hybridized carbons (Fsp3) is 0.333. The predicted molar refractivity (Wildman–Crippen MR) is 99.9 cm³/mol. The van der Waals surface area contributed by atoms with Gasteiger partial charge in [-0.1, -0.05) is 11.6 Å². The second-order valence-corrected chi connectivity index (χ2v) is 6.55. The van der Waals surface area contributed by atoms with Gasteiger partial charge < -0.3 is 24.8 Å². The summed E-state index contributed by atoms with van der Waals surface area (Å²) >= 11 is 5.98. The summed E-state index contributed by atoms with van der Waals surface area (Å²) in [7, 11) is 0. The van der Waals surface area contributed by atoms with Crippen LogP contribution in [-0.2, 0) is 9.59 Å². The van der Waals surface area contributed by atoms with Crippen molar-refractivity contribution in [1.29, 1.82) is 0 Å². The van der Waals surface area contributed by atoms with Crippen LogP contribution in [0.25, 0.3) is 11.0 Å². The fourth-order valence-electron chi connectivity index (χ4n) is 2.77. The second kappa shape index (κ2) is 8.88. The molecule has 0 spiro atoms. The summed E-state index contributed by atoms with van der Waals surface area (Å²) < 4.78 is 19.5. The minimum Gasteiger partial charge on any atom is -0.478 e. The van der Waals surface area contributed by atoms with E-state index in [0.717, 1.165) is 18.8 Å². The lowest BCUT2D eigenvalue weighted by molar-refractivity contribution is -0.134. The molecule has 0 bridgehead atoms. The van der Waals surface area contributed by atoms with Crippen molar-refractivity contribution in [2.24, 2.45) is 0 Å². The number of benzene rings is 1. The van der Waals surface area contributed by atoms with Gasteiger partial charge in [0.1, 0.15) is 5.82 Å². The molecule has 7 nitrogen and oxygen atoms in total. The number of nitrogens with one attached hydrogen (secondary N) is 1. The first-order chi connectivity index (χ1) is 12.7. The van der Waals surface area contributed by atoms with E-state index in [0.29, 0.717) is 29.2 Å². The molecule has 1 aliphatic heterocycles. The lowest BCUT2D eigenvalue weighted by Crippen LogP contribution is -2.54. The third kappa shape index (κ3) is 5.21. The van der Waals surface area contributed by atoms with Crippen molar-refractivity contribution >= 4 is 40.2 Å². The number of nitrogens with zero attached hydrogens (tertiary/aromatic N) is 1. The highest BCUT2D eigenvalue weighted by Gasteiger charge is 2.26. The molecule has 0 radical (unpaired) electrons. The quantitative estimate of drug-likeness (QED) is 0.682. The van der Waals surface area contributed by atoms with Crippen LogP contribution in [0.15, 0.2) is 35.0 Å². The number of hydrogen-bond donors (Lipinski definition) is 3. The van der Waals surface area contributed by atoms with E-state index >= 15 is 0 Å². The predicted octanol–water partition coefficient (Wildman–Crippen LogP) is 3.12. The van der Waals surface area contributed by atoms with Gasteiger partial charge in [-0.15, -0.1) is 0 Å². The van der Waals surface area contributed by atoms with Crippen molar-refractivity contribution in [1.82, 2.24) is 5.32 Å². The normalized spacial score (nSPS) is 19.8. The molecule has 3 rings (SSSR count). The van der Waals surface area contributed by atoms with Crippen LogP contribution in [0.2, 0.25) is 5.02 Å². The molecule has 2 atom stereocenters. The molecule has 3 N–H and O–H groups in total. The van der Waals surface area contributed by atoms with Gasteiger partial charge in [0.05, 0.1) is 17.0 Å². The van der Waals surface area contributed by atoms with Gasteiger partial charge in [-0.2, -0.15) is 0 Å². The average molecular weight is 399 g/mol. The van der Waals surface area contributed by atoms with Gasteiger partial charge in [0.15, 0.2) is 5.58 Å². The van der Waals surface area contributed by atoms with E-state index in [1.807, 2.05) is 0 Å². The van der Waals surface area contributed by atoms with Crippen molar-refractivity contribution in [3.05, 3.63) is 41.4 Å². The standard InChI is InChI=1S/C14H16ClFN2O.C4H4O4/c1-8-7-18(9(2)6-17-8)12-5-11(16)13(15)10-3-4-19-14(10)12;5-3(6)1-2-4(7)8/h3-5,8-9,17H,6-7H2,1-2H3;1-2H,(H,5,6)(H,7,8)/t8-,9+;/m0./s1. The maximum absolute atomic E-state index is 14.0. The monoisotopic (exact) mass is 398 g/mol. The highest BCUT2D eigenvalue weighted by molar-refractivity contribution is 6.36. The van der Waals surface area contributed by atoms with Crippen LogP contribution in [0.1, 0.15) is 13.8 Å². The van der Waals surface area contributed by atoms with Crippen molar-refractivity contribution in [2.45, 2.75) is 25.9 Å². The Morgan fingerprint density at radius 2 is 1.96 bits per heavy atom. The Morgan fingerprint density at radius 1 is 1.33 bits per heavy atom. The maximum Gasteiger partial charge on any atom is 0.328 e. The van der Waals surface area contributed by atoms with E-state index in [4.69, 9.17) is 26.2 Å². The van der Waals surface area contributed by atoms with Crippen LogP contribution < -0.4 is 10.2 Å². The molecule has 2 aromatic rings. The zero-order chi connectivity index (χ0) is 20.1. The number of anilines is 1. The number of carbonyl (C=O) groups is 2. The largest absolute Gasteiger partial charge is 0.478 e. The smallest absolute Gasteiger partial charge is 0.328 e. The van der Waals surface area contributed by atoms with E-state index in [9.17, 15) is 14.0 Å². The highest BCUT2D eigenvalue weighted by atomic mass is 35.5. The Labute approximate surface area is 160 Å². The summed E-state index contributed by atoms with van der Waals surface area (Å²) in [6.45, 7) is 5.91. The topological polar surface area (TPSA) is 103 Å². The molecule has 0 saturated carbocycles. The molecular formula is C18H20ClFN2O5. The van der Waals surface area contributed by atoms with Crippen LogP contribution in [-0.4, -0.2) is 47.3 Å². The van der Waals surface area contributed by atoms with E-state index < -0.39 is 17.8 Å². The number of hydrogen-bond acceptors (Lipinski definition) is 5. The molecular weight excluding hydrogens is 379 g/mol. The van der Waals surface area contributed by atoms with Crippen molar-refractivity contribution < 1.29 is 28.6 Å². The number of carboxylic acids is 2. The maximum atomic E-state index is 14.0. The van der Waals surface area contributed by atoms with Crippen LogP contribution in [0.3, 0.4) is 0 Å². The van der Waals surface area contributed by atoms with Crippen molar-refractivity contribution in [2.75, 3.05) is 18.0 Å². The minimum absolute atomic E-state index is 0.128. The Kier molecular flexibility index (Phi) is 6.81. The summed E-state index contributed by atoms with van der Waals surface area (Å²) in [5.41, 5.74) is 1.44. The average Bonchev–Trinajstić information content (AvgIpc) is 3.09. The van der Waals surface area contributed by atoms with E-state index in [2.05, 4.69) is 24.1 Å². The van der Waals surface area contributed by atoms with Crippen LogP contribution in [0, 0.1) is 5.82 Å². The highest BCUT2D eigenvalue weighted by Crippen LogP contribution is 2.36. The van der Waals surface area contributed by atoms with Gasteiger partial charge in [0.25, 0.3) is 0 Å². The van der Waals surface area contributed by atoms with Crippen LogP contribution in [0.5, 0.6) is 0 Å². The molecule has 1 saturated heterocycles. The molecule has 27 heavy (non-hydrogen) atoms. The first-order valence-corrected chi connectivity index (χ1v) is 8.57. The summed E-state index contributed by atoms with van der Waals surface area (Å²) in [4.78, 5) is 21.3. The SMILES string of the molecule is C[C@@H]1CN[C@@H](C)CN1c1cc(F)c(Cl)c2ccoc12.O=C(O)C=CC(=O)O. The second-order valence-electron chi connectivity index (χ2n) is 6.18. The van der Waals surface area contributed by atoms with E-state index in [1.54, 1.807) is 12.3 Å². The lowest BCUT2D eigenvalue weighted by Gasteiger charge is -2.39. The third-order valence-corrected chi connectivity index (χ3v) is 4.43. The van der Waals surface area contributed by atoms with Gasteiger partial charge in [0.2, 0.25) is 0 Å². The summed E-state index contributed by atoms with van der Waals surface area (Å²) in [5.74, 6) is -2.91. The number of halogens is 2. The van der Waals surface area contributed by atoms with Crippen molar-refractivity contribution in [3.8, 4) is 0 Å². The lowest BCUT2D eigenvalue weighted by atomic mass is 10.1. The molecule has 1 fully saturated rings. The number of furan rings is 1. The molecule has 0 amide bonds. The first kappa shape index (κ1) is 20.7. The molecule has 2 heterocycles. The van der Waals surface area contributed by atoms with Crippen LogP contribution in [0.4, 0.5) is 10.1 Å². The number of rotatable bonds is 3. The number of fused-ring (bicyclic) bond motifs is 1. The van der Waals surface area contributed by atoms with E-state index in [1.165, 1.54) is 6.07 Å². The van der Waals surface area contributed by atoms with Gasteiger partial charge in [-0.05, 0) is 19.9 Å². The Bertz CT molecular complexity index is 851. The number of aliphatic carboxylic acids is 2. The zero-order valence-corrected chi connectivity index (χ0v) is 15.5. The van der Waals surface area contributed by atoms with Gasteiger partial charge in [-0.25, -0.2) is 14.0 Å². The Hall–Kier alpha value is -2.58. The van der Waals surface area contributed by atoms with Gasteiger partial charge >= 0.3 is 11.9 Å². The van der Waals surface area contributed by atoms with E-state index in [-0.39, 0.29) is 11.1 Å². The Morgan fingerprint density at radius 3 is 2.56 bits per heavy atom. The molecule has 0 aliphatic carbocycles. The molecule has 1 aliphatic rings.